The van der Waals surface area contributed by atoms with E-state index < -0.39 is 6.10 Å². The molecule has 6 nitrogen and oxygen atoms in total. The van der Waals surface area contributed by atoms with Gasteiger partial charge in [-0.25, -0.2) is 0 Å². The van der Waals surface area contributed by atoms with E-state index in [-0.39, 0.29) is 31.1 Å². The minimum atomic E-state index is -0.790. The van der Waals surface area contributed by atoms with E-state index in [9.17, 15) is 14.4 Å². The Labute approximate surface area is 402 Å². The molecule has 0 aromatic carbocycles. The minimum absolute atomic E-state index is 0.0863. The molecule has 0 fully saturated rings. The molecule has 0 N–H and O–H groups in total. The number of esters is 3. The maximum Gasteiger partial charge on any atom is 0.306 e. The third kappa shape index (κ3) is 51.9. The molecule has 6 heteroatoms. The highest BCUT2D eigenvalue weighted by molar-refractivity contribution is 5.71. The molecule has 0 saturated heterocycles. The van der Waals surface area contributed by atoms with Crippen molar-refractivity contribution in [3.8, 4) is 0 Å². The first-order chi connectivity index (χ1) is 32.0. The second kappa shape index (κ2) is 53.7. The molecule has 0 radical (unpaired) electrons. The molecule has 65 heavy (non-hydrogen) atoms. The first-order valence-corrected chi connectivity index (χ1v) is 27.8. The molecule has 0 saturated carbocycles. The van der Waals surface area contributed by atoms with Crippen LogP contribution in [0.3, 0.4) is 0 Å². The predicted octanol–water partition coefficient (Wildman–Crippen LogP) is 18.4. The van der Waals surface area contributed by atoms with Crippen LogP contribution in [0.2, 0.25) is 0 Å². The van der Waals surface area contributed by atoms with Crippen LogP contribution < -0.4 is 0 Å². The number of hydrogen-bond acceptors (Lipinski definition) is 6. The van der Waals surface area contributed by atoms with Crippen molar-refractivity contribution >= 4 is 17.9 Å². The van der Waals surface area contributed by atoms with Crippen LogP contribution in [0.1, 0.15) is 278 Å². The van der Waals surface area contributed by atoms with Crippen LogP contribution in [0.4, 0.5) is 0 Å². The van der Waals surface area contributed by atoms with Crippen LogP contribution in [-0.2, 0) is 28.6 Å². The van der Waals surface area contributed by atoms with E-state index in [0.717, 1.165) is 70.6 Å². The Bertz CT molecular complexity index is 1180. The standard InChI is InChI=1S/C59H104O6/c1-4-7-10-13-16-19-22-25-27-28-29-30-32-34-37-40-43-46-49-52-58(61)64-55-56(54-63-57(60)51-48-45-42-39-36-33-24-21-18-15-12-9-6-3)65-59(62)53-50-47-44-41-38-35-31-26-23-20-17-14-11-8-5-2/h9,12,15,18,20-21,23-24,33,36,56H,4-8,10-11,13-14,16-17,19,22,25-32,34-35,37-55H2,1-3H3/b12-9-,18-15-,23-20-,24-21-,36-33-. The van der Waals surface area contributed by atoms with E-state index in [1.807, 2.05) is 30.4 Å². The van der Waals surface area contributed by atoms with Crippen molar-refractivity contribution in [2.24, 2.45) is 0 Å². The Morgan fingerprint density at radius 3 is 1.02 bits per heavy atom. The highest BCUT2D eigenvalue weighted by Crippen LogP contribution is 2.16. The molecule has 0 aliphatic rings. The fourth-order valence-electron chi connectivity index (χ4n) is 7.92. The smallest absolute Gasteiger partial charge is 0.306 e. The number of rotatable bonds is 50. The summed E-state index contributed by atoms with van der Waals surface area (Å²) in [4.78, 5) is 38.1. The summed E-state index contributed by atoms with van der Waals surface area (Å²) in [5.74, 6) is -0.921. The summed E-state index contributed by atoms with van der Waals surface area (Å²) < 4.78 is 16.8. The summed E-state index contributed by atoms with van der Waals surface area (Å²) in [6, 6.07) is 0. The zero-order valence-electron chi connectivity index (χ0n) is 43.0. The van der Waals surface area contributed by atoms with Crippen LogP contribution in [0.15, 0.2) is 60.8 Å². The molecule has 0 aliphatic heterocycles. The minimum Gasteiger partial charge on any atom is -0.462 e. The molecule has 0 bridgehead atoms. The van der Waals surface area contributed by atoms with Gasteiger partial charge in [-0.3, -0.25) is 14.4 Å². The number of carbonyl (C=O) groups excluding carboxylic acids is 3. The lowest BCUT2D eigenvalue weighted by atomic mass is 10.0. The van der Waals surface area contributed by atoms with Gasteiger partial charge < -0.3 is 14.2 Å². The van der Waals surface area contributed by atoms with Crippen molar-refractivity contribution in [3.63, 3.8) is 0 Å². The Kier molecular flexibility index (Phi) is 51.3. The second-order valence-electron chi connectivity index (χ2n) is 18.6. The van der Waals surface area contributed by atoms with Crippen LogP contribution in [-0.4, -0.2) is 37.2 Å². The maximum atomic E-state index is 12.8. The molecule has 0 aromatic heterocycles. The van der Waals surface area contributed by atoms with E-state index in [2.05, 4.69) is 51.2 Å². The zero-order chi connectivity index (χ0) is 47.2. The van der Waals surface area contributed by atoms with Gasteiger partial charge in [-0.05, 0) is 64.2 Å². The molecule has 1 atom stereocenters. The highest BCUT2D eigenvalue weighted by atomic mass is 16.6. The van der Waals surface area contributed by atoms with Gasteiger partial charge >= 0.3 is 17.9 Å². The molecule has 0 amide bonds. The number of carbonyl (C=O) groups is 3. The van der Waals surface area contributed by atoms with E-state index in [0.29, 0.717) is 19.3 Å². The fraction of sp³-hybridized carbons (Fsp3) is 0.780. The van der Waals surface area contributed by atoms with Gasteiger partial charge in [0.15, 0.2) is 6.10 Å². The normalized spacial score (nSPS) is 12.5. The van der Waals surface area contributed by atoms with Crippen molar-refractivity contribution < 1.29 is 28.6 Å². The van der Waals surface area contributed by atoms with E-state index in [4.69, 9.17) is 14.2 Å². The average molecular weight is 909 g/mol. The number of hydrogen-bond donors (Lipinski definition) is 0. The summed E-state index contributed by atoms with van der Waals surface area (Å²) in [7, 11) is 0. The van der Waals surface area contributed by atoms with Gasteiger partial charge in [0.25, 0.3) is 0 Å². The third-order valence-electron chi connectivity index (χ3n) is 12.1. The average Bonchev–Trinajstić information content (AvgIpc) is 3.30. The first-order valence-electron chi connectivity index (χ1n) is 27.8. The molecule has 0 heterocycles. The van der Waals surface area contributed by atoms with Crippen molar-refractivity contribution in [1.29, 1.82) is 0 Å². The quantitative estimate of drug-likeness (QED) is 0.0199. The Balaban J connectivity index is 4.36. The maximum absolute atomic E-state index is 12.8. The topological polar surface area (TPSA) is 78.9 Å². The molecular weight excluding hydrogens is 805 g/mol. The molecule has 0 spiro atoms. The first kappa shape index (κ1) is 62.1. The third-order valence-corrected chi connectivity index (χ3v) is 12.1. The number of unbranched alkanes of at least 4 members (excludes halogenated alkanes) is 32. The monoisotopic (exact) mass is 909 g/mol. The van der Waals surface area contributed by atoms with Gasteiger partial charge in [-0.2, -0.15) is 0 Å². The van der Waals surface area contributed by atoms with Crippen LogP contribution in [0.5, 0.6) is 0 Å². The van der Waals surface area contributed by atoms with Crippen molar-refractivity contribution in [3.05, 3.63) is 60.8 Å². The Morgan fingerprint density at radius 2 is 0.615 bits per heavy atom. The Morgan fingerprint density at radius 1 is 0.323 bits per heavy atom. The molecular formula is C59H104O6. The zero-order valence-corrected chi connectivity index (χ0v) is 43.0. The molecule has 0 aliphatic carbocycles. The summed E-state index contributed by atoms with van der Waals surface area (Å²) in [6.07, 6.45) is 66.4. The van der Waals surface area contributed by atoms with Gasteiger partial charge in [0, 0.05) is 19.3 Å². The lowest BCUT2D eigenvalue weighted by Gasteiger charge is -2.18. The second-order valence-corrected chi connectivity index (χ2v) is 18.6. The molecule has 376 valence electrons. The van der Waals surface area contributed by atoms with Gasteiger partial charge in [0.2, 0.25) is 0 Å². The van der Waals surface area contributed by atoms with Gasteiger partial charge in [-0.15, -0.1) is 0 Å². The largest absolute Gasteiger partial charge is 0.462 e. The summed E-state index contributed by atoms with van der Waals surface area (Å²) in [5, 5.41) is 0. The Hall–Kier alpha value is -2.89. The lowest BCUT2D eigenvalue weighted by Crippen LogP contribution is -2.30. The van der Waals surface area contributed by atoms with Crippen LogP contribution in [0, 0.1) is 0 Å². The van der Waals surface area contributed by atoms with Crippen LogP contribution >= 0.6 is 0 Å². The van der Waals surface area contributed by atoms with Gasteiger partial charge in [-0.1, -0.05) is 255 Å². The molecule has 0 rings (SSSR count). The summed E-state index contributed by atoms with van der Waals surface area (Å²) in [5.41, 5.74) is 0. The highest BCUT2D eigenvalue weighted by Gasteiger charge is 2.19. The number of ether oxygens (including phenoxy) is 3. The molecule has 0 aromatic rings. The van der Waals surface area contributed by atoms with Gasteiger partial charge in [0.1, 0.15) is 13.2 Å². The predicted molar refractivity (Wildman–Crippen MR) is 279 cm³/mol. The van der Waals surface area contributed by atoms with Gasteiger partial charge in [0.05, 0.1) is 0 Å². The van der Waals surface area contributed by atoms with Crippen molar-refractivity contribution in [1.82, 2.24) is 0 Å². The van der Waals surface area contributed by atoms with Crippen molar-refractivity contribution in [2.45, 2.75) is 284 Å². The van der Waals surface area contributed by atoms with E-state index in [1.54, 1.807) is 0 Å². The van der Waals surface area contributed by atoms with Crippen LogP contribution in [0.25, 0.3) is 0 Å². The summed E-state index contributed by atoms with van der Waals surface area (Å²) >= 11 is 0. The molecule has 1 unspecified atom stereocenters. The lowest BCUT2D eigenvalue weighted by molar-refractivity contribution is -0.167. The van der Waals surface area contributed by atoms with Crippen molar-refractivity contribution in [2.75, 3.05) is 13.2 Å². The number of allylic oxidation sites excluding steroid dienone is 10. The van der Waals surface area contributed by atoms with E-state index in [1.165, 1.54) is 167 Å². The summed E-state index contributed by atoms with van der Waals surface area (Å²) in [6.45, 7) is 6.47. The van der Waals surface area contributed by atoms with E-state index >= 15 is 0 Å². The fourth-order valence-corrected chi connectivity index (χ4v) is 7.92. The SMILES string of the molecule is CC\C=C/C=C\C=C/C=C\CCCCCC(=O)OCC(COC(=O)CCCCCCCCCCCCCCCCCCCCC)OC(=O)CCCCCCCCC/C=C\CCCCCC.